The van der Waals surface area contributed by atoms with Crippen LogP contribution in [0.25, 0.3) is 10.1 Å². The van der Waals surface area contributed by atoms with Crippen molar-refractivity contribution in [3.05, 3.63) is 28.7 Å². The van der Waals surface area contributed by atoms with Crippen LogP contribution in [-0.4, -0.2) is 18.8 Å². The highest BCUT2D eigenvalue weighted by molar-refractivity contribution is 9.10. The Morgan fingerprint density at radius 1 is 1.14 bits per heavy atom. The average Bonchev–Trinajstić information content (AvgIpc) is 2.45. The van der Waals surface area contributed by atoms with Crippen molar-refractivity contribution in [3.63, 3.8) is 0 Å². The third kappa shape index (κ3) is 2.00. The normalized spacial score (nSPS) is 13.4. The smallest absolute Gasteiger partial charge is 0.0434 e. The SMILES string of the molecule is CS(C)(C)c1cc2ccc(Br)cc2s1. The zero-order valence-corrected chi connectivity index (χ0v) is 11.7. The summed E-state index contributed by atoms with van der Waals surface area (Å²) < 4.78 is 4.09. The molecule has 0 amide bonds. The van der Waals surface area contributed by atoms with Crippen LogP contribution in [0.1, 0.15) is 0 Å². The summed E-state index contributed by atoms with van der Waals surface area (Å²) >= 11 is 5.43. The number of fused-ring (bicyclic) bond motifs is 1. The van der Waals surface area contributed by atoms with Gasteiger partial charge in [-0.15, -0.1) is 11.3 Å². The van der Waals surface area contributed by atoms with Crippen molar-refractivity contribution in [1.82, 2.24) is 0 Å². The number of hydrogen-bond donors (Lipinski definition) is 0. The van der Waals surface area contributed by atoms with Crippen molar-refractivity contribution in [3.8, 4) is 0 Å². The first-order valence-electron chi connectivity index (χ1n) is 4.34. The van der Waals surface area contributed by atoms with Crippen LogP contribution in [-0.2, 0) is 0 Å². The highest BCUT2D eigenvalue weighted by Crippen LogP contribution is 2.50. The van der Waals surface area contributed by atoms with Crippen LogP contribution in [0.2, 0.25) is 0 Å². The predicted octanol–water partition coefficient (Wildman–Crippen LogP) is 4.72. The van der Waals surface area contributed by atoms with Gasteiger partial charge in [-0.3, -0.25) is 0 Å². The van der Waals surface area contributed by atoms with Gasteiger partial charge in [0.05, 0.1) is 0 Å². The summed E-state index contributed by atoms with van der Waals surface area (Å²) in [7, 11) is -0.574. The Balaban J connectivity index is 2.63. The fourth-order valence-corrected chi connectivity index (χ4v) is 4.38. The van der Waals surface area contributed by atoms with Crippen LogP contribution in [0.15, 0.2) is 32.9 Å². The van der Waals surface area contributed by atoms with Crippen LogP contribution in [0.5, 0.6) is 0 Å². The molecular formula is C11H13BrS2. The van der Waals surface area contributed by atoms with Crippen molar-refractivity contribution < 1.29 is 0 Å². The lowest BCUT2D eigenvalue weighted by Gasteiger charge is -2.22. The zero-order chi connectivity index (χ0) is 10.3. The number of thiophene rings is 1. The molecule has 14 heavy (non-hydrogen) atoms. The predicted molar refractivity (Wildman–Crippen MR) is 73.2 cm³/mol. The lowest BCUT2D eigenvalue weighted by molar-refractivity contribution is 1.69. The van der Waals surface area contributed by atoms with Crippen molar-refractivity contribution in [1.29, 1.82) is 0 Å². The maximum Gasteiger partial charge on any atom is 0.0434 e. The molecule has 1 aromatic carbocycles. The van der Waals surface area contributed by atoms with Gasteiger partial charge >= 0.3 is 0 Å². The van der Waals surface area contributed by atoms with E-state index >= 15 is 0 Å². The monoisotopic (exact) mass is 288 g/mol. The molecule has 0 aliphatic heterocycles. The fourth-order valence-electron chi connectivity index (χ4n) is 1.28. The van der Waals surface area contributed by atoms with Gasteiger partial charge in [0.25, 0.3) is 0 Å². The van der Waals surface area contributed by atoms with E-state index in [-0.39, 0.29) is 0 Å². The van der Waals surface area contributed by atoms with E-state index in [1.807, 2.05) is 11.3 Å². The van der Waals surface area contributed by atoms with Gasteiger partial charge in [0.1, 0.15) is 0 Å². The van der Waals surface area contributed by atoms with Crippen molar-refractivity contribution in [2.45, 2.75) is 4.21 Å². The van der Waals surface area contributed by atoms with Crippen LogP contribution >= 0.6 is 37.3 Å². The van der Waals surface area contributed by atoms with Gasteiger partial charge in [-0.25, -0.2) is 10.0 Å². The number of rotatable bonds is 1. The van der Waals surface area contributed by atoms with Gasteiger partial charge in [-0.1, -0.05) is 22.0 Å². The molecule has 0 spiro atoms. The average molecular weight is 289 g/mol. The van der Waals surface area contributed by atoms with Crippen LogP contribution < -0.4 is 0 Å². The Morgan fingerprint density at radius 3 is 2.50 bits per heavy atom. The number of halogens is 1. The number of benzene rings is 1. The molecule has 2 rings (SSSR count). The molecule has 0 unspecified atom stereocenters. The maximum absolute atomic E-state index is 3.51. The van der Waals surface area contributed by atoms with E-state index in [9.17, 15) is 0 Å². The molecule has 2 aromatic rings. The van der Waals surface area contributed by atoms with Gasteiger partial charge in [-0.2, -0.15) is 0 Å². The Kier molecular flexibility index (Phi) is 2.66. The second-order valence-corrected chi connectivity index (χ2v) is 10.5. The summed E-state index contributed by atoms with van der Waals surface area (Å²) in [5.74, 6) is 0. The molecule has 0 aliphatic carbocycles. The molecule has 0 nitrogen and oxygen atoms in total. The summed E-state index contributed by atoms with van der Waals surface area (Å²) in [5, 5.41) is 1.37. The standard InChI is InChI=1S/C11H13BrS2/c1-14(2,3)11-6-8-4-5-9(12)7-10(8)13-11/h4-7H,1-3H3. The Labute approximate surface area is 98.8 Å². The Hall–Kier alpha value is 0.01000. The molecule has 0 saturated carbocycles. The molecule has 0 fully saturated rings. The first-order valence-corrected chi connectivity index (χ1v) is 8.81. The molecule has 0 bridgehead atoms. The van der Waals surface area contributed by atoms with E-state index in [1.54, 1.807) is 0 Å². The minimum absolute atomic E-state index is 0.574. The Morgan fingerprint density at radius 2 is 1.86 bits per heavy atom. The van der Waals surface area contributed by atoms with E-state index in [1.165, 1.54) is 18.8 Å². The summed E-state index contributed by atoms with van der Waals surface area (Å²) in [4.78, 5) is 0. The van der Waals surface area contributed by atoms with Crippen LogP contribution in [0, 0.1) is 0 Å². The van der Waals surface area contributed by atoms with Gasteiger partial charge in [-0.05, 0) is 42.4 Å². The van der Waals surface area contributed by atoms with Gasteiger partial charge in [0, 0.05) is 13.4 Å². The van der Waals surface area contributed by atoms with Crippen molar-refractivity contribution in [2.24, 2.45) is 0 Å². The molecule has 76 valence electrons. The topological polar surface area (TPSA) is 0 Å². The summed E-state index contributed by atoms with van der Waals surface area (Å²) in [6.07, 6.45) is 7.02. The quantitative estimate of drug-likeness (QED) is 0.712. The molecule has 0 radical (unpaired) electrons. The second kappa shape index (κ2) is 3.54. The highest BCUT2D eigenvalue weighted by Gasteiger charge is 2.11. The molecule has 1 heterocycles. The van der Waals surface area contributed by atoms with E-state index in [4.69, 9.17) is 0 Å². The van der Waals surface area contributed by atoms with E-state index in [2.05, 4.69) is 59.0 Å². The Bertz CT molecular complexity index is 466. The molecule has 0 aliphatic rings. The van der Waals surface area contributed by atoms with Gasteiger partial charge < -0.3 is 0 Å². The summed E-state index contributed by atoms with van der Waals surface area (Å²) in [6, 6.07) is 8.83. The molecule has 0 N–H and O–H groups in total. The maximum atomic E-state index is 3.51. The lowest BCUT2D eigenvalue weighted by Crippen LogP contribution is -1.87. The first-order chi connectivity index (χ1) is 6.47. The molecular weight excluding hydrogens is 276 g/mol. The summed E-state index contributed by atoms with van der Waals surface area (Å²) in [5.41, 5.74) is 0. The third-order valence-electron chi connectivity index (χ3n) is 2.06. The van der Waals surface area contributed by atoms with E-state index in [0.717, 1.165) is 0 Å². The highest BCUT2D eigenvalue weighted by atomic mass is 79.9. The van der Waals surface area contributed by atoms with Crippen molar-refractivity contribution in [2.75, 3.05) is 18.8 Å². The minimum Gasteiger partial charge on any atom is -0.214 e. The van der Waals surface area contributed by atoms with Crippen LogP contribution in [0.3, 0.4) is 0 Å². The first kappa shape index (κ1) is 10.5. The zero-order valence-electron chi connectivity index (χ0n) is 8.50. The minimum atomic E-state index is -0.574. The lowest BCUT2D eigenvalue weighted by atomic mass is 10.3. The summed E-state index contributed by atoms with van der Waals surface area (Å²) in [6.45, 7) is 0. The molecule has 1 aromatic heterocycles. The molecule has 0 saturated heterocycles. The van der Waals surface area contributed by atoms with Crippen molar-refractivity contribution >= 4 is 47.4 Å². The second-order valence-electron chi connectivity index (χ2n) is 4.08. The number of hydrogen-bond acceptors (Lipinski definition) is 1. The fraction of sp³-hybridized carbons (Fsp3) is 0.273. The van der Waals surface area contributed by atoms with E-state index in [0.29, 0.717) is 0 Å². The largest absolute Gasteiger partial charge is 0.214 e. The molecule has 0 atom stereocenters. The van der Waals surface area contributed by atoms with Gasteiger partial charge in [0.15, 0.2) is 0 Å². The molecule has 3 heteroatoms. The van der Waals surface area contributed by atoms with Gasteiger partial charge in [0.2, 0.25) is 0 Å². The third-order valence-corrected chi connectivity index (χ3v) is 6.52. The van der Waals surface area contributed by atoms with E-state index < -0.39 is 10.0 Å². The van der Waals surface area contributed by atoms with Crippen LogP contribution in [0.4, 0.5) is 0 Å².